The second kappa shape index (κ2) is 6.91. The third kappa shape index (κ3) is 3.38. The highest BCUT2D eigenvalue weighted by molar-refractivity contribution is 8.01. The molecule has 0 aromatic carbocycles. The maximum absolute atomic E-state index is 12.4. The molecule has 2 saturated carbocycles. The summed E-state index contributed by atoms with van der Waals surface area (Å²) in [5.41, 5.74) is 0.451. The van der Waals surface area contributed by atoms with Gasteiger partial charge in [-0.3, -0.25) is 9.59 Å². The van der Waals surface area contributed by atoms with Crippen LogP contribution in [0.2, 0.25) is 0 Å². The Labute approximate surface area is 159 Å². The van der Waals surface area contributed by atoms with Gasteiger partial charge in [-0.05, 0) is 49.9 Å². The zero-order valence-electron chi connectivity index (χ0n) is 16.2. The Hall–Kier alpha value is -1.50. The van der Waals surface area contributed by atoms with Crippen molar-refractivity contribution in [2.24, 2.45) is 16.7 Å². The van der Waals surface area contributed by atoms with Gasteiger partial charge in [0.15, 0.2) is 5.82 Å². The monoisotopic (exact) mass is 379 g/mol. The zero-order valence-corrected chi connectivity index (χ0v) is 17.0. The number of aryl methyl sites for hydroxylation is 1. The van der Waals surface area contributed by atoms with E-state index in [1.165, 1.54) is 24.6 Å². The number of nitrogens with one attached hydrogen (secondary N) is 2. The predicted molar refractivity (Wildman–Crippen MR) is 103 cm³/mol. The van der Waals surface area contributed by atoms with E-state index in [4.69, 9.17) is 4.52 Å². The first-order chi connectivity index (χ1) is 12.1. The van der Waals surface area contributed by atoms with Gasteiger partial charge in [-0.2, -0.15) is 0 Å². The first-order valence-corrected chi connectivity index (χ1v) is 10.3. The van der Waals surface area contributed by atoms with Crippen LogP contribution >= 0.6 is 11.8 Å². The van der Waals surface area contributed by atoms with E-state index >= 15 is 0 Å². The summed E-state index contributed by atoms with van der Waals surface area (Å²) in [6, 6.07) is 1.91. The molecule has 2 amide bonds. The predicted octanol–water partition coefficient (Wildman–Crippen LogP) is 3.37. The summed E-state index contributed by atoms with van der Waals surface area (Å²) in [6.45, 7) is 10.5. The first-order valence-electron chi connectivity index (χ1n) is 9.28. The van der Waals surface area contributed by atoms with Crippen LogP contribution in [0.15, 0.2) is 10.6 Å². The minimum absolute atomic E-state index is 0.0153. The fraction of sp³-hybridized carbons (Fsp3) is 0.737. The quantitative estimate of drug-likeness (QED) is 0.792. The summed E-state index contributed by atoms with van der Waals surface area (Å²) in [7, 11) is 0. The largest absolute Gasteiger partial charge is 0.360 e. The molecule has 0 unspecified atom stereocenters. The topological polar surface area (TPSA) is 84.2 Å². The third-order valence-corrected chi connectivity index (χ3v) is 7.99. The lowest BCUT2D eigenvalue weighted by atomic mass is 9.69. The number of thioether (sulfide) groups is 1. The molecule has 0 saturated heterocycles. The lowest BCUT2D eigenvalue weighted by molar-refractivity contribution is -0.120. The van der Waals surface area contributed by atoms with Crippen LogP contribution in [0.5, 0.6) is 0 Å². The molecule has 2 aliphatic rings. The van der Waals surface area contributed by atoms with Crippen LogP contribution in [0.25, 0.3) is 0 Å². The molecule has 4 atom stereocenters. The van der Waals surface area contributed by atoms with Gasteiger partial charge in [0.25, 0.3) is 0 Å². The lowest BCUT2D eigenvalue weighted by Gasteiger charge is -2.39. The number of fused-ring (bicyclic) bond motifs is 2. The van der Waals surface area contributed by atoms with Crippen molar-refractivity contribution in [2.75, 3.05) is 11.1 Å². The third-order valence-electron chi connectivity index (χ3n) is 6.84. The molecule has 6 nitrogen and oxygen atoms in total. The standard InChI is InChI=1S/C19H29N3O3S/c1-11-8-15(22-25-11)21-17(24)12(2)26-10-16(23)20-14-9-13-6-7-19(14,5)18(13,3)4/h8,12-14H,6-7,9-10H2,1-5H3,(H,20,23)(H,21,22,24)/t12-,13-,14+,19-/m0/s1. The van der Waals surface area contributed by atoms with Crippen molar-refractivity contribution in [1.82, 2.24) is 10.5 Å². The molecule has 26 heavy (non-hydrogen) atoms. The molecule has 2 fully saturated rings. The van der Waals surface area contributed by atoms with E-state index in [9.17, 15) is 9.59 Å². The van der Waals surface area contributed by atoms with Gasteiger partial charge in [-0.25, -0.2) is 0 Å². The van der Waals surface area contributed by atoms with Crippen molar-refractivity contribution in [2.45, 2.75) is 65.2 Å². The molecule has 1 aromatic rings. The lowest BCUT2D eigenvalue weighted by Crippen LogP contribution is -2.47. The van der Waals surface area contributed by atoms with Gasteiger partial charge < -0.3 is 15.2 Å². The van der Waals surface area contributed by atoms with Crippen LogP contribution in [0.4, 0.5) is 5.82 Å². The highest BCUT2D eigenvalue weighted by Crippen LogP contribution is 2.65. The number of hydrogen-bond acceptors (Lipinski definition) is 5. The highest BCUT2D eigenvalue weighted by Gasteiger charge is 2.61. The molecule has 0 aliphatic heterocycles. The van der Waals surface area contributed by atoms with Crippen LogP contribution in [0.1, 0.15) is 52.7 Å². The molecular formula is C19H29N3O3S. The molecule has 7 heteroatoms. The number of amides is 2. The second-order valence-electron chi connectivity index (χ2n) is 8.50. The summed E-state index contributed by atoms with van der Waals surface area (Å²) < 4.78 is 4.93. The van der Waals surface area contributed by atoms with Crippen LogP contribution in [0.3, 0.4) is 0 Å². The van der Waals surface area contributed by atoms with Crippen molar-refractivity contribution in [1.29, 1.82) is 0 Å². The van der Waals surface area contributed by atoms with E-state index in [1.54, 1.807) is 19.9 Å². The number of nitrogens with zero attached hydrogens (tertiary/aromatic N) is 1. The van der Waals surface area contributed by atoms with E-state index in [0.29, 0.717) is 17.5 Å². The fourth-order valence-electron chi connectivity index (χ4n) is 4.59. The number of carbonyl (C=O) groups excluding carboxylic acids is 2. The Kier molecular flexibility index (Phi) is 5.12. The molecule has 1 heterocycles. The van der Waals surface area contributed by atoms with Crippen molar-refractivity contribution in [3.63, 3.8) is 0 Å². The number of anilines is 1. The Bertz CT molecular complexity index is 702. The maximum Gasteiger partial charge on any atom is 0.238 e. The van der Waals surface area contributed by atoms with Crippen LogP contribution in [-0.2, 0) is 9.59 Å². The normalized spacial score (nSPS) is 30.2. The summed E-state index contributed by atoms with van der Waals surface area (Å²) in [6.07, 6.45) is 3.52. The molecule has 2 aliphatic carbocycles. The number of carbonyl (C=O) groups is 2. The van der Waals surface area contributed by atoms with Gasteiger partial charge in [-0.15, -0.1) is 11.8 Å². The highest BCUT2D eigenvalue weighted by atomic mass is 32.2. The minimum Gasteiger partial charge on any atom is -0.360 e. The average Bonchev–Trinajstić information content (AvgIpc) is 3.13. The van der Waals surface area contributed by atoms with Crippen LogP contribution in [-0.4, -0.2) is 34.0 Å². The molecule has 0 radical (unpaired) electrons. The average molecular weight is 380 g/mol. The van der Waals surface area contributed by atoms with Crippen molar-refractivity contribution in [3.8, 4) is 0 Å². The van der Waals surface area contributed by atoms with Crippen molar-refractivity contribution >= 4 is 29.4 Å². The molecule has 2 bridgehead atoms. The van der Waals surface area contributed by atoms with Crippen LogP contribution < -0.4 is 10.6 Å². The summed E-state index contributed by atoms with van der Waals surface area (Å²) in [5, 5.41) is 9.34. The Morgan fingerprint density at radius 2 is 2.15 bits per heavy atom. The van der Waals surface area contributed by atoms with Crippen molar-refractivity contribution < 1.29 is 14.1 Å². The molecule has 1 aromatic heterocycles. The fourth-order valence-corrected chi connectivity index (χ4v) is 5.28. The molecule has 144 valence electrons. The molecule has 3 rings (SSSR count). The van der Waals surface area contributed by atoms with Gasteiger partial charge in [0.05, 0.1) is 11.0 Å². The van der Waals surface area contributed by atoms with Gasteiger partial charge in [-0.1, -0.05) is 25.9 Å². The van der Waals surface area contributed by atoms with Crippen molar-refractivity contribution in [3.05, 3.63) is 11.8 Å². The minimum atomic E-state index is -0.343. The first kappa shape index (κ1) is 19.3. The Balaban J connectivity index is 1.46. The van der Waals surface area contributed by atoms with Gasteiger partial charge in [0.2, 0.25) is 11.8 Å². The Morgan fingerprint density at radius 3 is 2.69 bits per heavy atom. The molecular weight excluding hydrogens is 350 g/mol. The van der Waals surface area contributed by atoms with E-state index < -0.39 is 0 Å². The van der Waals surface area contributed by atoms with E-state index in [2.05, 4.69) is 36.6 Å². The zero-order chi connectivity index (χ0) is 19.1. The van der Waals surface area contributed by atoms with Crippen LogP contribution in [0, 0.1) is 23.7 Å². The Morgan fingerprint density at radius 1 is 1.42 bits per heavy atom. The van der Waals surface area contributed by atoms with Gasteiger partial charge in [0.1, 0.15) is 5.76 Å². The second-order valence-corrected chi connectivity index (χ2v) is 9.82. The summed E-state index contributed by atoms with van der Waals surface area (Å²) in [4.78, 5) is 24.6. The van der Waals surface area contributed by atoms with E-state index in [1.807, 2.05) is 0 Å². The van der Waals surface area contributed by atoms with E-state index in [0.717, 1.165) is 6.42 Å². The number of hydrogen-bond donors (Lipinski definition) is 2. The SMILES string of the molecule is Cc1cc(NC(=O)[C@H](C)SCC(=O)N[C@@H]2C[C@@H]3CC[C@]2(C)C3(C)C)no1. The van der Waals surface area contributed by atoms with Gasteiger partial charge >= 0.3 is 0 Å². The van der Waals surface area contributed by atoms with Gasteiger partial charge in [0, 0.05) is 12.1 Å². The number of rotatable bonds is 6. The maximum atomic E-state index is 12.4. The smallest absolute Gasteiger partial charge is 0.238 e. The summed E-state index contributed by atoms with van der Waals surface area (Å²) in [5.74, 6) is 1.86. The molecule has 2 N–H and O–H groups in total. The summed E-state index contributed by atoms with van der Waals surface area (Å²) >= 11 is 1.34. The molecule has 0 spiro atoms. The number of aromatic nitrogens is 1. The van der Waals surface area contributed by atoms with E-state index in [-0.39, 0.29) is 39.7 Å².